The standard InChI is InChI=1S/C19H20O3/c1-2-21-19(20)13-17-8-5-9-18(22-17)16-11-10-14-6-3-4-7-15(14)12-16/h3-8,10-12,17-18H,2,9,13H2,1H3/t17-,18+/m0/s1. The van der Waals surface area contributed by atoms with Gasteiger partial charge >= 0.3 is 5.97 Å². The van der Waals surface area contributed by atoms with Crippen molar-refractivity contribution in [2.75, 3.05) is 6.61 Å². The molecule has 2 atom stereocenters. The van der Waals surface area contributed by atoms with Crippen molar-refractivity contribution in [3.05, 3.63) is 60.2 Å². The summed E-state index contributed by atoms with van der Waals surface area (Å²) >= 11 is 0. The van der Waals surface area contributed by atoms with Gasteiger partial charge in [0.05, 0.1) is 25.2 Å². The Bertz CT molecular complexity index is 690. The zero-order valence-corrected chi connectivity index (χ0v) is 12.7. The van der Waals surface area contributed by atoms with E-state index in [1.807, 2.05) is 25.1 Å². The summed E-state index contributed by atoms with van der Waals surface area (Å²) < 4.78 is 11.0. The van der Waals surface area contributed by atoms with Crippen LogP contribution in [0.5, 0.6) is 0 Å². The minimum atomic E-state index is -0.212. The molecular formula is C19H20O3. The monoisotopic (exact) mass is 296 g/mol. The quantitative estimate of drug-likeness (QED) is 0.627. The van der Waals surface area contributed by atoms with Crippen LogP contribution in [0.15, 0.2) is 54.6 Å². The smallest absolute Gasteiger partial charge is 0.308 e. The van der Waals surface area contributed by atoms with Crippen molar-refractivity contribution in [3.8, 4) is 0 Å². The highest BCUT2D eigenvalue weighted by atomic mass is 16.5. The minimum Gasteiger partial charge on any atom is -0.466 e. The number of esters is 1. The zero-order chi connectivity index (χ0) is 15.4. The van der Waals surface area contributed by atoms with Gasteiger partial charge in [-0.25, -0.2) is 0 Å². The van der Waals surface area contributed by atoms with E-state index in [-0.39, 0.29) is 24.6 Å². The fraction of sp³-hybridized carbons (Fsp3) is 0.316. The molecule has 0 bridgehead atoms. The molecule has 2 aromatic carbocycles. The lowest BCUT2D eigenvalue weighted by Gasteiger charge is -2.26. The van der Waals surface area contributed by atoms with Crippen molar-refractivity contribution >= 4 is 16.7 Å². The molecule has 3 heteroatoms. The molecule has 0 aromatic heterocycles. The highest BCUT2D eigenvalue weighted by Gasteiger charge is 2.22. The third-order valence-corrected chi connectivity index (χ3v) is 3.86. The Morgan fingerprint density at radius 2 is 2.05 bits per heavy atom. The van der Waals surface area contributed by atoms with Gasteiger partial charge in [-0.1, -0.05) is 48.6 Å². The predicted octanol–water partition coefficient (Wildman–Crippen LogP) is 4.18. The van der Waals surface area contributed by atoms with E-state index in [1.54, 1.807) is 0 Å². The lowest BCUT2D eigenvalue weighted by atomic mass is 9.99. The maximum Gasteiger partial charge on any atom is 0.308 e. The second-order valence-corrected chi connectivity index (χ2v) is 5.44. The highest BCUT2D eigenvalue weighted by Crippen LogP contribution is 2.30. The molecule has 0 fully saturated rings. The van der Waals surface area contributed by atoms with Crippen LogP contribution >= 0.6 is 0 Å². The van der Waals surface area contributed by atoms with Crippen LogP contribution in [0.3, 0.4) is 0 Å². The van der Waals surface area contributed by atoms with E-state index < -0.39 is 0 Å². The van der Waals surface area contributed by atoms with Crippen molar-refractivity contribution < 1.29 is 14.3 Å². The molecule has 0 aliphatic carbocycles. The fourth-order valence-electron chi connectivity index (χ4n) is 2.79. The third-order valence-electron chi connectivity index (χ3n) is 3.86. The van der Waals surface area contributed by atoms with Crippen LogP contribution in [0.25, 0.3) is 10.8 Å². The van der Waals surface area contributed by atoms with Gasteiger partial charge in [0.2, 0.25) is 0 Å². The molecular weight excluding hydrogens is 276 g/mol. The number of fused-ring (bicyclic) bond motifs is 1. The maximum atomic E-state index is 11.6. The molecule has 22 heavy (non-hydrogen) atoms. The Morgan fingerprint density at radius 1 is 1.23 bits per heavy atom. The summed E-state index contributed by atoms with van der Waals surface area (Å²) in [5.41, 5.74) is 1.15. The summed E-state index contributed by atoms with van der Waals surface area (Å²) in [5, 5.41) is 2.43. The Hall–Kier alpha value is -2.13. The zero-order valence-electron chi connectivity index (χ0n) is 12.7. The van der Waals surface area contributed by atoms with Gasteiger partial charge in [-0.05, 0) is 35.7 Å². The Balaban J connectivity index is 1.74. The maximum absolute atomic E-state index is 11.6. The lowest BCUT2D eigenvalue weighted by molar-refractivity contribution is -0.146. The van der Waals surface area contributed by atoms with Crippen molar-refractivity contribution in [1.29, 1.82) is 0 Å². The second-order valence-electron chi connectivity index (χ2n) is 5.44. The number of rotatable bonds is 4. The summed E-state index contributed by atoms with van der Waals surface area (Å²) in [6.07, 6.45) is 4.94. The molecule has 2 aromatic rings. The largest absolute Gasteiger partial charge is 0.466 e. The molecule has 0 amide bonds. The Morgan fingerprint density at radius 3 is 2.86 bits per heavy atom. The fourth-order valence-corrected chi connectivity index (χ4v) is 2.79. The van der Waals surface area contributed by atoms with Crippen molar-refractivity contribution in [3.63, 3.8) is 0 Å². The first-order chi connectivity index (χ1) is 10.8. The first kappa shape index (κ1) is 14.8. The van der Waals surface area contributed by atoms with Crippen LogP contribution in [0.1, 0.15) is 31.4 Å². The number of carbonyl (C=O) groups excluding carboxylic acids is 1. The van der Waals surface area contributed by atoms with E-state index >= 15 is 0 Å². The van der Waals surface area contributed by atoms with E-state index in [9.17, 15) is 4.79 Å². The van der Waals surface area contributed by atoms with E-state index in [2.05, 4.69) is 36.4 Å². The minimum absolute atomic E-state index is 0.00553. The molecule has 3 nitrogen and oxygen atoms in total. The summed E-state index contributed by atoms with van der Waals surface area (Å²) in [6.45, 7) is 2.22. The number of carbonyl (C=O) groups is 1. The van der Waals surface area contributed by atoms with Gasteiger partial charge in [0.15, 0.2) is 0 Å². The molecule has 0 saturated carbocycles. The predicted molar refractivity (Wildman–Crippen MR) is 86.6 cm³/mol. The van der Waals surface area contributed by atoms with Crippen molar-refractivity contribution in [2.45, 2.75) is 32.0 Å². The van der Waals surface area contributed by atoms with E-state index in [4.69, 9.17) is 9.47 Å². The molecule has 0 spiro atoms. The Labute approximate surface area is 130 Å². The van der Waals surface area contributed by atoms with Gasteiger partial charge in [0.1, 0.15) is 0 Å². The average Bonchev–Trinajstić information content (AvgIpc) is 2.55. The average molecular weight is 296 g/mol. The van der Waals surface area contributed by atoms with Gasteiger partial charge in [0, 0.05) is 0 Å². The molecule has 0 unspecified atom stereocenters. The van der Waals surface area contributed by atoms with E-state index in [0.717, 1.165) is 12.0 Å². The van der Waals surface area contributed by atoms with Gasteiger partial charge in [0.25, 0.3) is 0 Å². The van der Waals surface area contributed by atoms with Crippen LogP contribution in [0.4, 0.5) is 0 Å². The summed E-state index contributed by atoms with van der Waals surface area (Å²) in [6, 6.07) is 14.7. The van der Waals surface area contributed by atoms with E-state index in [0.29, 0.717) is 6.61 Å². The number of benzene rings is 2. The molecule has 1 aliphatic rings. The van der Waals surface area contributed by atoms with Crippen LogP contribution < -0.4 is 0 Å². The van der Waals surface area contributed by atoms with Gasteiger partial charge in [-0.3, -0.25) is 4.79 Å². The van der Waals surface area contributed by atoms with Gasteiger partial charge < -0.3 is 9.47 Å². The van der Waals surface area contributed by atoms with Crippen LogP contribution in [0, 0.1) is 0 Å². The molecule has 0 N–H and O–H groups in total. The molecule has 1 aliphatic heterocycles. The second kappa shape index (κ2) is 6.75. The molecule has 0 radical (unpaired) electrons. The SMILES string of the molecule is CCOC(=O)C[C@@H]1C=CC[C@H](c2ccc3ccccc3c2)O1. The number of ether oxygens (including phenoxy) is 2. The summed E-state index contributed by atoms with van der Waals surface area (Å²) in [7, 11) is 0. The van der Waals surface area contributed by atoms with Gasteiger partial charge in [-0.2, -0.15) is 0 Å². The lowest BCUT2D eigenvalue weighted by Crippen LogP contribution is -2.22. The molecule has 114 valence electrons. The van der Waals surface area contributed by atoms with Gasteiger partial charge in [-0.15, -0.1) is 0 Å². The molecule has 3 rings (SSSR count). The summed E-state index contributed by atoms with van der Waals surface area (Å²) in [4.78, 5) is 11.6. The first-order valence-corrected chi connectivity index (χ1v) is 7.72. The Kier molecular flexibility index (Phi) is 4.54. The van der Waals surface area contributed by atoms with Crippen molar-refractivity contribution in [2.24, 2.45) is 0 Å². The topological polar surface area (TPSA) is 35.5 Å². The normalized spacial score (nSPS) is 21.0. The third kappa shape index (κ3) is 3.37. The molecule has 1 heterocycles. The number of hydrogen-bond acceptors (Lipinski definition) is 3. The molecule has 0 saturated heterocycles. The van der Waals surface area contributed by atoms with Crippen molar-refractivity contribution in [1.82, 2.24) is 0 Å². The summed E-state index contributed by atoms with van der Waals surface area (Å²) in [5.74, 6) is -0.212. The van der Waals surface area contributed by atoms with Crippen LogP contribution in [0.2, 0.25) is 0 Å². The first-order valence-electron chi connectivity index (χ1n) is 7.72. The van der Waals surface area contributed by atoms with Crippen LogP contribution in [-0.4, -0.2) is 18.7 Å². The number of hydrogen-bond donors (Lipinski definition) is 0. The van der Waals surface area contributed by atoms with E-state index in [1.165, 1.54) is 10.8 Å². The van der Waals surface area contributed by atoms with Crippen LogP contribution in [-0.2, 0) is 14.3 Å². The highest BCUT2D eigenvalue weighted by molar-refractivity contribution is 5.83.